The third-order valence-corrected chi connectivity index (χ3v) is 4.06. The molecule has 1 amide bonds. The summed E-state index contributed by atoms with van der Waals surface area (Å²) in [4.78, 5) is 22.1. The van der Waals surface area contributed by atoms with Crippen molar-refractivity contribution in [2.24, 2.45) is 5.73 Å². The van der Waals surface area contributed by atoms with E-state index in [9.17, 15) is 4.79 Å². The minimum atomic E-state index is -0.108. The van der Waals surface area contributed by atoms with Gasteiger partial charge < -0.3 is 20.4 Å². The molecule has 0 spiro atoms. The Hall–Kier alpha value is -1.92. The average molecular weight is 288 g/mol. The van der Waals surface area contributed by atoms with Crippen LogP contribution in [0, 0.1) is 6.92 Å². The van der Waals surface area contributed by atoms with E-state index in [1.165, 1.54) is 0 Å². The van der Waals surface area contributed by atoms with Crippen LogP contribution in [0.4, 0.5) is 0 Å². The number of benzene rings is 1. The summed E-state index contributed by atoms with van der Waals surface area (Å²) in [6.07, 6.45) is 0.641. The largest absolute Gasteiger partial charge is 0.378 e. The molecule has 0 bridgehead atoms. The lowest BCUT2D eigenvalue weighted by molar-refractivity contribution is 0.0163. The number of H-pyrrole nitrogens is 1. The van der Waals surface area contributed by atoms with Gasteiger partial charge in [0.2, 0.25) is 0 Å². The van der Waals surface area contributed by atoms with Crippen molar-refractivity contribution in [2.75, 3.05) is 20.2 Å². The molecule has 1 aliphatic heterocycles. The molecule has 0 unspecified atom stereocenters. The van der Waals surface area contributed by atoms with Crippen LogP contribution >= 0.6 is 0 Å². The minimum Gasteiger partial charge on any atom is -0.378 e. The number of nitrogens with zero attached hydrogens (tertiary/aromatic N) is 2. The fourth-order valence-electron chi connectivity index (χ4n) is 2.87. The van der Waals surface area contributed by atoms with Crippen LogP contribution < -0.4 is 5.73 Å². The first kappa shape index (κ1) is 14.0. The van der Waals surface area contributed by atoms with Crippen molar-refractivity contribution in [3.8, 4) is 0 Å². The highest BCUT2D eigenvalue weighted by molar-refractivity contribution is 6.04. The van der Waals surface area contributed by atoms with Gasteiger partial charge in [-0.15, -0.1) is 0 Å². The molecule has 0 radical (unpaired) electrons. The molecule has 1 fully saturated rings. The second kappa shape index (κ2) is 5.46. The number of hydrogen-bond donors (Lipinski definition) is 2. The van der Waals surface area contributed by atoms with Crippen molar-refractivity contribution < 1.29 is 9.53 Å². The molecule has 112 valence electrons. The lowest BCUT2D eigenvalue weighted by atomic mass is 10.0. The van der Waals surface area contributed by atoms with Crippen molar-refractivity contribution in [1.82, 2.24) is 14.9 Å². The number of ether oxygens (including phenoxy) is 1. The maximum atomic E-state index is 12.8. The summed E-state index contributed by atoms with van der Waals surface area (Å²) in [5.74, 6) is 0.793. The first-order valence-corrected chi connectivity index (χ1v) is 7.13. The summed E-state index contributed by atoms with van der Waals surface area (Å²) in [5, 5.41) is 0. The van der Waals surface area contributed by atoms with Crippen LogP contribution in [0.2, 0.25) is 0 Å². The van der Waals surface area contributed by atoms with Crippen molar-refractivity contribution in [3.05, 3.63) is 29.6 Å². The van der Waals surface area contributed by atoms with Gasteiger partial charge >= 0.3 is 0 Å². The van der Waals surface area contributed by atoms with Crippen molar-refractivity contribution in [3.63, 3.8) is 0 Å². The molecule has 2 aromatic rings. The molecule has 3 rings (SSSR count). The number of carbonyl (C=O) groups excluding carboxylic acids is 1. The summed E-state index contributed by atoms with van der Waals surface area (Å²) in [5.41, 5.74) is 8.24. The number of aromatic nitrogens is 2. The predicted molar refractivity (Wildman–Crippen MR) is 80.1 cm³/mol. The zero-order valence-corrected chi connectivity index (χ0v) is 12.3. The second-order valence-electron chi connectivity index (χ2n) is 5.50. The Morgan fingerprint density at radius 2 is 2.33 bits per heavy atom. The number of piperidine rings is 1. The van der Waals surface area contributed by atoms with Crippen LogP contribution in [0.3, 0.4) is 0 Å². The van der Waals surface area contributed by atoms with Gasteiger partial charge in [-0.1, -0.05) is 6.07 Å². The number of carbonyl (C=O) groups is 1. The van der Waals surface area contributed by atoms with Crippen LogP contribution in [-0.4, -0.2) is 53.1 Å². The Kier molecular flexibility index (Phi) is 3.65. The Labute approximate surface area is 123 Å². The number of nitrogens with two attached hydrogens (primary N) is 1. The number of rotatable bonds is 2. The number of imidazole rings is 1. The Morgan fingerprint density at radius 3 is 3.10 bits per heavy atom. The number of para-hydroxylation sites is 1. The molecule has 6 heteroatoms. The Morgan fingerprint density at radius 1 is 1.52 bits per heavy atom. The quantitative estimate of drug-likeness (QED) is 0.865. The number of nitrogens with one attached hydrogen (secondary N) is 1. The van der Waals surface area contributed by atoms with Crippen LogP contribution in [0.1, 0.15) is 22.6 Å². The third kappa shape index (κ3) is 2.52. The summed E-state index contributed by atoms with van der Waals surface area (Å²) in [6.45, 7) is 3.06. The first-order chi connectivity index (χ1) is 10.1. The number of methoxy groups -OCH3 is 1. The normalized spacial score (nSPS) is 22.7. The highest BCUT2D eigenvalue weighted by Crippen LogP contribution is 2.20. The maximum Gasteiger partial charge on any atom is 0.256 e. The van der Waals surface area contributed by atoms with E-state index >= 15 is 0 Å². The molecule has 1 aromatic carbocycles. The third-order valence-electron chi connectivity index (χ3n) is 4.06. The summed E-state index contributed by atoms with van der Waals surface area (Å²) >= 11 is 0. The zero-order chi connectivity index (χ0) is 15.0. The van der Waals surface area contributed by atoms with Crippen LogP contribution in [0.25, 0.3) is 11.0 Å². The topological polar surface area (TPSA) is 84.2 Å². The number of aromatic amines is 1. The fraction of sp³-hybridized carbons (Fsp3) is 0.467. The fourth-order valence-corrected chi connectivity index (χ4v) is 2.87. The minimum absolute atomic E-state index is 0.0116. The highest BCUT2D eigenvalue weighted by Gasteiger charge is 2.30. The van der Waals surface area contributed by atoms with Gasteiger partial charge in [-0.25, -0.2) is 4.98 Å². The molecule has 1 saturated heterocycles. The van der Waals surface area contributed by atoms with Crippen molar-refractivity contribution >= 4 is 16.9 Å². The maximum absolute atomic E-state index is 12.8. The molecular weight excluding hydrogens is 268 g/mol. The van der Waals surface area contributed by atoms with Crippen LogP contribution in [-0.2, 0) is 4.74 Å². The number of aryl methyl sites for hydroxylation is 1. The second-order valence-corrected chi connectivity index (χ2v) is 5.50. The molecule has 3 N–H and O–H groups in total. The number of hydrogen-bond acceptors (Lipinski definition) is 4. The van der Waals surface area contributed by atoms with Crippen LogP contribution in [0.5, 0.6) is 0 Å². The van der Waals surface area contributed by atoms with E-state index in [0.717, 1.165) is 23.3 Å². The van der Waals surface area contributed by atoms with Gasteiger partial charge in [0, 0.05) is 26.2 Å². The van der Waals surface area contributed by atoms with E-state index in [2.05, 4.69) is 9.97 Å². The molecular formula is C15H20N4O2. The SMILES string of the molecule is CO[C@H]1CN(C(=O)c2cccc3[nH]c(C)nc23)CC[C@H]1N. The smallest absolute Gasteiger partial charge is 0.256 e. The molecule has 0 saturated carbocycles. The van der Waals surface area contributed by atoms with Gasteiger partial charge in [0.15, 0.2) is 0 Å². The summed E-state index contributed by atoms with van der Waals surface area (Å²) < 4.78 is 5.37. The summed E-state index contributed by atoms with van der Waals surface area (Å²) in [6, 6.07) is 5.61. The number of likely N-dealkylation sites (tertiary alicyclic amines) is 1. The lowest BCUT2D eigenvalue weighted by Gasteiger charge is -2.36. The predicted octanol–water partition coefficient (Wildman–Crippen LogP) is 1.06. The van der Waals surface area contributed by atoms with Crippen LogP contribution in [0.15, 0.2) is 18.2 Å². The molecule has 2 atom stereocenters. The van der Waals surface area contributed by atoms with E-state index in [1.54, 1.807) is 12.0 Å². The van der Waals surface area contributed by atoms with E-state index < -0.39 is 0 Å². The molecule has 21 heavy (non-hydrogen) atoms. The van der Waals surface area contributed by atoms with Gasteiger partial charge in [-0.05, 0) is 25.5 Å². The Balaban J connectivity index is 1.90. The van der Waals surface area contributed by atoms with Crippen molar-refractivity contribution in [1.29, 1.82) is 0 Å². The first-order valence-electron chi connectivity index (χ1n) is 7.13. The molecule has 1 aliphatic rings. The zero-order valence-electron chi connectivity index (χ0n) is 12.3. The summed E-state index contributed by atoms with van der Waals surface area (Å²) in [7, 11) is 1.64. The average Bonchev–Trinajstić information content (AvgIpc) is 2.87. The van der Waals surface area contributed by atoms with Gasteiger partial charge in [0.25, 0.3) is 5.91 Å². The van der Waals surface area contributed by atoms with E-state index in [4.69, 9.17) is 10.5 Å². The van der Waals surface area contributed by atoms with Crippen molar-refractivity contribution in [2.45, 2.75) is 25.5 Å². The van der Waals surface area contributed by atoms with Gasteiger partial charge in [-0.2, -0.15) is 0 Å². The van der Waals surface area contributed by atoms with Gasteiger partial charge in [0.1, 0.15) is 11.3 Å². The van der Waals surface area contributed by atoms with E-state index in [1.807, 2.05) is 25.1 Å². The highest BCUT2D eigenvalue weighted by atomic mass is 16.5. The number of fused-ring (bicyclic) bond motifs is 1. The monoisotopic (exact) mass is 288 g/mol. The van der Waals surface area contributed by atoms with Gasteiger partial charge in [0.05, 0.1) is 17.2 Å². The lowest BCUT2D eigenvalue weighted by Crippen LogP contribution is -2.53. The van der Waals surface area contributed by atoms with E-state index in [0.29, 0.717) is 18.7 Å². The molecule has 6 nitrogen and oxygen atoms in total. The van der Waals surface area contributed by atoms with Gasteiger partial charge in [-0.3, -0.25) is 4.79 Å². The molecule has 2 heterocycles. The van der Waals surface area contributed by atoms with E-state index in [-0.39, 0.29) is 18.1 Å². The molecule has 0 aliphatic carbocycles. The molecule has 1 aromatic heterocycles. The standard InChI is InChI=1S/C15H20N4O2/c1-9-17-12-5-3-4-10(14(12)18-9)15(20)19-7-6-11(16)13(8-19)21-2/h3-5,11,13H,6-8,16H2,1-2H3,(H,17,18)/t11-,13+/m1/s1. The number of amides is 1. The Bertz CT molecular complexity index is 667.